The number of nitrogens with one attached hydrogen (secondary N) is 2. The first-order valence-corrected chi connectivity index (χ1v) is 12.0. The standard InChI is InChI=1S/C24H31N3O2S/c28-21(17-27-14-8-1-2-9-15-27)26-24-22(19-12-6-7-13-20(19)30-24)23(29)25-16-18-10-4-3-5-11-18/h3-5,10-11H,1-2,6-9,12-17H2,(H,25,29)(H,26,28). The number of anilines is 1. The molecule has 2 aromatic rings. The molecule has 1 aromatic carbocycles. The molecule has 2 amide bonds. The molecule has 0 spiro atoms. The Balaban J connectivity index is 1.47. The van der Waals surface area contributed by atoms with Crippen molar-refractivity contribution >= 4 is 28.2 Å². The summed E-state index contributed by atoms with van der Waals surface area (Å²) in [4.78, 5) is 29.4. The van der Waals surface area contributed by atoms with Gasteiger partial charge in [-0.25, -0.2) is 0 Å². The van der Waals surface area contributed by atoms with Crippen LogP contribution in [-0.4, -0.2) is 36.3 Å². The monoisotopic (exact) mass is 425 g/mol. The lowest BCUT2D eigenvalue weighted by Gasteiger charge is -2.19. The Labute approximate surface area is 182 Å². The highest BCUT2D eigenvalue weighted by Crippen LogP contribution is 2.38. The Morgan fingerprint density at radius 3 is 2.43 bits per heavy atom. The largest absolute Gasteiger partial charge is 0.348 e. The van der Waals surface area contributed by atoms with E-state index in [0.29, 0.717) is 18.7 Å². The molecule has 0 atom stereocenters. The van der Waals surface area contributed by atoms with Crippen molar-refractivity contribution < 1.29 is 9.59 Å². The molecule has 0 bridgehead atoms. The van der Waals surface area contributed by atoms with Crippen LogP contribution in [0.2, 0.25) is 0 Å². The van der Waals surface area contributed by atoms with E-state index < -0.39 is 0 Å². The average molecular weight is 426 g/mol. The minimum Gasteiger partial charge on any atom is -0.348 e. The van der Waals surface area contributed by atoms with Crippen LogP contribution in [0.1, 0.15) is 64.9 Å². The zero-order valence-electron chi connectivity index (χ0n) is 17.5. The molecule has 6 heteroatoms. The van der Waals surface area contributed by atoms with Crippen LogP contribution < -0.4 is 10.6 Å². The Kier molecular flexibility index (Phi) is 7.18. The third-order valence-corrected chi connectivity index (χ3v) is 7.22. The van der Waals surface area contributed by atoms with E-state index in [1.807, 2.05) is 30.3 Å². The van der Waals surface area contributed by atoms with Gasteiger partial charge in [0, 0.05) is 11.4 Å². The Bertz CT molecular complexity index is 870. The molecule has 0 radical (unpaired) electrons. The molecule has 1 saturated heterocycles. The summed E-state index contributed by atoms with van der Waals surface area (Å²) in [5.41, 5.74) is 2.90. The number of thiophene rings is 1. The number of hydrogen-bond acceptors (Lipinski definition) is 4. The van der Waals surface area contributed by atoms with Crippen LogP contribution in [0, 0.1) is 0 Å². The Morgan fingerprint density at radius 1 is 0.933 bits per heavy atom. The number of aryl methyl sites for hydroxylation is 1. The second-order valence-corrected chi connectivity index (χ2v) is 9.43. The number of nitrogens with zero attached hydrogens (tertiary/aromatic N) is 1. The zero-order valence-corrected chi connectivity index (χ0v) is 18.4. The fraction of sp³-hybridized carbons (Fsp3) is 0.500. The average Bonchev–Trinajstić information content (AvgIpc) is 2.92. The second-order valence-electron chi connectivity index (χ2n) is 8.32. The van der Waals surface area contributed by atoms with Gasteiger partial charge in [0.05, 0.1) is 12.1 Å². The molecule has 1 aromatic heterocycles. The van der Waals surface area contributed by atoms with Crippen LogP contribution in [0.5, 0.6) is 0 Å². The SMILES string of the molecule is O=C(CN1CCCCCC1)Nc1sc2c(c1C(=O)NCc1ccccc1)CCCC2. The molecule has 2 N–H and O–H groups in total. The number of carbonyl (C=O) groups excluding carboxylic acids is 2. The maximum Gasteiger partial charge on any atom is 0.254 e. The number of carbonyl (C=O) groups is 2. The van der Waals surface area contributed by atoms with Crippen molar-refractivity contribution in [1.29, 1.82) is 0 Å². The van der Waals surface area contributed by atoms with Gasteiger partial charge in [-0.2, -0.15) is 0 Å². The molecule has 30 heavy (non-hydrogen) atoms. The molecule has 1 aliphatic heterocycles. The fourth-order valence-electron chi connectivity index (χ4n) is 4.42. The van der Waals surface area contributed by atoms with Gasteiger partial charge >= 0.3 is 0 Å². The highest BCUT2D eigenvalue weighted by Gasteiger charge is 2.26. The summed E-state index contributed by atoms with van der Waals surface area (Å²) in [6.45, 7) is 2.87. The first-order valence-electron chi connectivity index (χ1n) is 11.2. The summed E-state index contributed by atoms with van der Waals surface area (Å²) in [6.07, 6.45) is 9.00. The molecule has 160 valence electrons. The van der Waals surface area contributed by atoms with E-state index in [9.17, 15) is 9.59 Å². The van der Waals surface area contributed by atoms with Crippen LogP contribution in [0.3, 0.4) is 0 Å². The maximum absolute atomic E-state index is 13.1. The summed E-state index contributed by atoms with van der Waals surface area (Å²) in [5.74, 6) is -0.0871. The molecule has 1 fully saturated rings. The number of fused-ring (bicyclic) bond motifs is 1. The molecular weight excluding hydrogens is 394 g/mol. The van der Waals surface area contributed by atoms with E-state index in [-0.39, 0.29) is 11.8 Å². The summed E-state index contributed by atoms with van der Waals surface area (Å²) in [6, 6.07) is 9.93. The van der Waals surface area contributed by atoms with Crippen molar-refractivity contribution in [2.45, 2.75) is 57.9 Å². The molecule has 2 aliphatic rings. The van der Waals surface area contributed by atoms with Gasteiger partial charge in [-0.1, -0.05) is 43.2 Å². The Hall–Kier alpha value is -2.18. The van der Waals surface area contributed by atoms with Crippen molar-refractivity contribution in [1.82, 2.24) is 10.2 Å². The molecule has 1 aliphatic carbocycles. The van der Waals surface area contributed by atoms with E-state index in [1.54, 1.807) is 11.3 Å². The normalized spacial score (nSPS) is 17.1. The van der Waals surface area contributed by atoms with E-state index >= 15 is 0 Å². The van der Waals surface area contributed by atoms with Crippen LogP contribution in [0.4, 0.5) is 5.00 Å². The maximum atomic E-state index is 13.1. The van der Waals surface area contributed by atoms with Gasteiger partial charge < -0.3 is 10.6 Å². The first kappa shape index (κ1) is 21.1. The van der Waals surface area contributed by atoms with Gasteiger partial charge in [0.2, 0.25) is 5.91 Å². The van der Waals surface area contributed by atoms with Gasteiger partial charge in [-0.15, -0.1) is 11.3 Å². The lowest BCUT2D eigenvalue weighted by Crippen LogP contribution is -2.34. The number of amides is 2. The highest BCUT2D eigenvalue weighted by molar-refractivity contribution is 7.17. The van der Waals surface area contributed by atoms with Crippen LogP contribution in [0.15, 0.2) is 30.3 Å². The lowest BCUT2D eigenvalue weighted by atomic mass is 9.95. The van der Waals surface area contributed by atoms with Gasteiger partial charge in [0.15, 0.2) is 0 Å². The number of likely N-dealkylation sites (tertiary alicyclic amines) is 1. The summed E-state index contributed by atoms with van der Waals surface area (Å²) in [7, 11) is 0. The summed E-state index contributed by atoms with van der Waals surface area (Å²) in [5, 5.41) is 6.88. The summed E-state index contributed by atoms with van der Waals surface area (Å²) >= 11 is 1.60. The van der Waals surface area contributed by atoms with Crippen LogP contribution in [0.25, 0.3) is 0 Å². The van der Waals surface area contributed by atoms with Crippen molar-refractivity contribution in [3.8, 4) is 0 Å². The predicted octanol–water partition coefficient (Wildman–Crippen LogP) is 4.37. The number of benzene rings is 1. The molecule has 2 heterocycles. The fourth-order valence-corrected chi connectivity index (χ4v) is 5.73. The minimum absolute atomic E-state index is 0.00685. The van der Waals surface area contributed by atoms with Crippen LogP contribution in [-0.2, 0) is 24.2 Å². The number of rotatable bonds is 6. The third-order valence-electron chi connectivity index (χ3n) is 6.01. The Morgan fingerprint density at radius 2 is 1.67 bits per heavy atom. The highest BCUT2D eigenvalue weighted by atomic mass is 32.1. The quantitative estimate of drug-likeness (QED) is 0.722. The van der Waals surface area contributed by atoms with Crippen molar-refractivity contribution in [2.24, 2.45) is 0 Å². The molecule has 5 nitrogen and oxygen atoms in total. The van der Waals surface area contributed by atoms with E-state index in [4.69, 9.17) is 0 Å². The lowest BCUT2D eigenvalue weighted by molar-refractivity contribution is -0.117. The first-order chi connectivity index (χ1) is 14.7. The smallest absolute Gasteiger partial charge is 0.254 e. The topological polar surface area (TPSA) is 61.4 Å². The molecule has 4 rings (SSSR count). The summed E-state index contributed by atoms with van der Waals surface area (Å²) < 4.78 is 0. The number of hydrogen-bond donors (Lipinski definition) is 2. The predicted molar refractivity (Wildman–Crippen MR) is 122 cm³/mol. The molecular formula is C24H31N3O2S. The zero-order chi connectivity index (χ0) is 20.8. The van der Waals surface area contributed by atoms with Gasteiger partial charge in [0.25, 0.3) is 5.91 Å². The molecule has 0 unspecified atom stereocenters. The van der Waals surface area contributed by atoms with E-state index in [1.165, 1.54) is 17.7 Å². The van der Waals surface area contributed by atoms with Crippen LogP contribution >= 0.6 is 11.3 Å². The van der Waals surface area contributed by atoms with Gasteiger partial charge in [-0.05, 0) is 62.7 Å². The second kappa shape index (κ2) is 10.2. The van der Waals surface area contributed by atoms with E-state index in [2.05, 4.69) is 15.5 Å². The van der Waals surface area contributed by atoms with Gasteiger partial charge in [-0.3, -0.25) is 14.5 Å². The molecule has 0 saturated carbocycles. The van der Waals surface area contributed by atoms with Gasteiger partial charge in [0.1, 0.15) is 5.00 Å². The van der Waals surface area contributed by atoms with Crippen molar-refractivity contribution in [2.75, 3.05) is 25.0 Å². The van der Waals surface area contributed by atoms with E-state index in [0.717, 1.165) is 67.7 Å². The third kappa shape index (κ3) is 5.29. The minimum atomic E-state index is -0.0803. The van der Waals surface area contributed by atoms with Crippen molar-refractivity contribution in [3.63, 3.8) is 0 Å². The van der Waals surface area contributed by atoms with Crippen molar-refractivity contribution in [3.05, 3.63) is 51.9 Å².